The van der Waals surface area contributed by atoms with Crippen LogP contribution in [-0.4, -0.2) is 5.11 Å². The zero-order valence-corrected chi connectivity index (χ0v) is 9.10. The van der Waals surface area contributed by atoms with Gasteiger partial charge < -0.3 is 5.11 Å². The summed E-state index contributed by atoms with van der Waals surface area (Å²) in [7, 11) is 0. The van der Waals surface area contributed by atoms with Crippen molar-refractivity contribution in [2.45, 2.75) is 6.92 Å². The maximum atomic E-state index is 13.4. The molecule has 0 heterocycles. The molecule has 14 heavy (non-hydrogen) atoms. The lowest BCUT2D eigenvalue weighted by Gasteiger charge is -2.08. The first-order chi connectivity index (χ1) is 6.63. The van der Waals surface area contributed by atoms with Gasteiger partial charge in [0.05, 0.1) is 0 Å². The number of fused-ring (bicyclic) bond motifs is 1. The molecule has 2 aromatic carbocycles. The fraction of sp³-hybridized carbons (Fsp3) is 0.0909. The van der Waals surface area contributed by atoms with E-state index in [9.17, 15) is 9.50 Å². The predicted molar refractivity (Wildman–Crippen MR) is 58.0 cm³/mol. The standard InChI is InChI=1S/C11H8BrFO/c1-6-9(12)7-4-2-3-5-8(7)11(14)10(6)13/h2-5,14H,1H3. The van der Waals surface area contributed by atoms with Crippen molar-refractivity contribution < 1.29 is 9.50 Å². The Kier molecular flexibility index (Phi) is 2.19. The summed E-state index contributed by atoms with van der Waals surface area (Å²) in [5, 5.41) is 10.9. The van der Waals surface area contributed by atoms with Crippen LogP contribution in [0.5, 0.6) is 5.75 Å². The average molecular weight is 255 g/mol. The zero-order valence-electron chi connectivity index (χ0n) is 7.51. The van der Waals surface area contributed by atoms with Crippen molar-refractivity contribution in [1.29, 1.82) is 0 Å². The van der Waals surface area contributed by atoms with E-state index >= 15 is 0 Å². The summed E-state index contributed by atoms with van der Waals surface area (Å²) >= 11 is 3.31. The molecular weight excluding hydrogens is 247 g/mol. The highest BCUT2D eigenvalue weighted by Gasteiger charge is 2.13. The molecule has 0 amide bonds. The molecule has 1 N–H and O–H groups in total. The maximum Gasteiger partial charge on any atom is 0.169 e. The Hall–Kier alpha value is -1.09. The second-order valence-corrected chi connectivity index (χ2v) is 3.94. The fourth-order valence-electron chi connectivity index (χ4n) is 1.48. The quantitative estimate of drug-likeness (QED) is 0.759. The van der Waals surface area contributed by atoms with Crippen molar-refractivity contribution in [2.24, 2.45) is 0 Å². The van der Waals surface area contributed by atoms with Crippen LogP contribution in [0.15, 0.2) is 28.7 Å². The molecule has 0 aliphatic rings. The number of phenolic OH excluding ortho intramolecular Hbond substituents is 1. The van der Waals surface area contributed by atoms with E-state index in [0.29, 0.717) is 15.4 Å². The lowest BCUT2D eigenvalue weighted by molar-refractivity contribution is 0.436. The van der Waals surface area contributed by atoms with Gasteiger partial charge in [0.15, 0.2) is 11.6 Å². The maximum absolute atomic E-state index is 13.4. The van der Waals surface area contributed by atoms with Gasteiger partial charge in [-0.25, -0.2) is 4.39 Å². The molecule has 0 radical (unpaired) electrons. The van der Waals surface area contributed by atoms with Crippen molar-refractivity contribution in [3.05, 3.63) is 40.1 Å². The lowest BCUT2D eigenvalue weighted by Crippen LogP contribution is -1.88. The average Bonchev–Trinajstić information content (AvgIpc) is 2.23. The minimum Gasteiger partial charge on any atom is -0.504 e. The van der Waals surface area contributed by atoms with E-state index in [-0.39, 0.29) is 5.75 Å². The molecule has 0 bridgehead atoms. The minimum absolute atomic E-state index is 0.277. The normalized spacial score (nSPS) is 10.8. The molecule has 0 atom stereocenters. The van der Waals surface area contributed by atoms with E-state index in [4.69, 9.17) is 0 Å². The fourth-order valence-corrected chi connectivity index (χ4v) is 2.00. The van der Waals surface area contributed by atoms with Gasteiger partial charge in [0.1, 0.15) is 0 Å². The van der Waals surface area contributed by atoms with Crippen molar-refractivity contribution >= 4 is 26.7 Å². The van der Waals surface area contributed by atoms with Crippen LogP contribution in [0.2, 0.25) is 0 Å². The molecule has 0 aliphatic heterocycles. The Bertz CT molecular complexity index is 462. The van der Waals surface area contributed by atoms with Gasteiger partial charge in [-0.3, -0.25) is 0 Å². The first kappa shape index (κ1) is 9.46. The molecule has 0 unspecified atom stereocenters. The van der Waals surface area contributed by atoms with Crippen molar-refractivity contribution in [3.8, 4) is 5.75 Å². The molecule has 0 saturated heterocycles. The molecule has 72 valence electrons. The van der Waals surface area contributed by atoms with Crippen molar-refractivity contribution in [3.63, 3.8) is 0 Å². The predicted octanol–water partition coefficient (Wildman–Crippen LogP) is 3.76. The Morgan fingerprint density at radius 2 is 1.79 bits per heavy atom. The van der Waals surface area contributed by atoms with Gasteiger partial charge in [-0.2, -0.15) is 0 Å². The number of benzene rings is 2. The largest absolute Gasteiger partial charge is 0.504 e. The SMILES string of the molecule is Cc1c(F)c(O)c2ccccc2c1Br. The molecule has 0 fully saturated rings. The summed E-state index contributed by atoms with van der Waals surface area (Å²) in [6, 6.07) is 7.15. The highest BCUT2D eigenvalue weighted by Crippen LogP contribution is 2.36. The Morgan fingerprint density at radius 1 is 1.21 bits per heavy atom. The van der Waals surface area contributed by atoms with Crippen LogP contribution in [0.3, 0.4) is 0 Å². The van der Waals surface area contributed by atoms with E-state index in [1.54, 1.807) is 19.1 Å². The van der Waals surface area contributed by atoms with Crippen LogP contribution in [-0.2, 0) is 0 Å². The molecule has 0 spiro atoms. The molecule has 2 rings (SSSR count). The van der Waals surface area contributed by atoms with Crippen LogP contribution in [0.25, 0.3) is 10.8 Å². The second kappa shape index (κ2) is 3.24. The third-order valence-electron chi connectivity index (χ3n) is 2.29. The highest BCUT2D eigenvalue weighted by atomic mass is 79.9. The second-order valence-electron chi connectivity index (χ2n) is 3.15. The van der Waals surface area contributed by atoms with Crippen LogP contribution in [0.1, 0.15) is 5.56 Å². The molecule has 1 nitrogen and oxygen atoms in total. The zero-order chi connectivity index (χ0) is 10.3. The first-order valence-electron chi connectivity index (χ1n) is 4.18. The third kappa shape index (κ3) is 1.20. The van der Waals surface area contributed by atoms with Gasteiger partial charge in [0.2, 0.25) is 0 Å². The Morgan fingerprint density at radius 3 is 2.43 bits per heavy atom. The number of hydrogen-bond acceptors (Lipinski definition) is 1. The van der Waals surface area contributed by atoms with Crippen LogP contribution in [0.4, 0.5) is 4.39 Å². The van der Waals surface area contributed by atoms with Crippen molar-refractivity contribution in [2.75, 3.05) is 0 Å². The van der Waals surface area contributed by atoms with Crippen LogP contribution >= 0.6 is 15.9 Å². The molecule has 2 aromatic rings. The van der Waals surface area contributed by atoms with Crippen LogP contribution in [0, 0.1) is 12.7 Å². The van der Waals surface area contributed by atoms with Gasteiger partial charge >= 0.3 is 0 Å². The highest BCUT2D eigenvalue weighted by molar-refractivity contribution is 9.10. The summed E-state index contributed by atoms with van der Waals surface area (Å²) in [5.74, 6) is -0.836. The molecule has 0 aliphatic carbocycles. The topological polar surface area (TPSA) is 20.2 Å². The summed E-state index contributed by atoms with van der Waals surface area (Å²) in [5.41, 5.74) is 0.432. The van der Waals surface area contributed by atoms with E-state index < -0.39 is 5.82 Å². The first-order valence-corrected chi connectivity index (χ1v) is 4.97. The van der Waals surface area contributed by atoms with Gasteiger partial charge in [-0.1, -0.05) is 24.3 Å². The van der Waals surface area contributed by atoms with E-state index in [1.165, 1.54) is 0 Å². The van der Waals surface area contributed by atoms with Crippen LogP contribution < -0.4 is 0 Å². The number of aromatic hydroxyl groups is 1. The monoisotopic (exact) mass is 254 g/mol. The molecular formula is C11H8BrFO. The summed E-state index contributed by atoms with van der Waals surface area (Å²) < 4.78 is 14.1. The smallest absolute Gasteiger partial charge is 0.169 e. The number of phenols is 1. The third-order valence-corrected chi connectivity index (χ3v) is 3.31. The van der Waals surface area contributed by atoms with E-state index in [1.807, 2.05) is 12.1 Å². The van der Waals surface area contributed by atoms with Gasteiger partial charge in [0.25, 0.3) is 0 Å². The summed E-state index contributed by atoms with van der Waals surface area (Å²) in [4.78, 5) is 0. The van der Waals surface area contributed by atoms with E-state index in [2.05, 4.69) is 15.9 Å². The molecule has 0 aromatic heterocycles. The van der Waals surface area contributed by atoms with Crippen molar-refractivity contribution in [1.82, 2.24) is 0 Å². The lowest BCUT2D eigenvalue weighted by atomic mass is 10.1. The Balaban J connectivity index is 3.02. The summed E-state index contributed by atoms with van der Waals surface area (Å²) in [6.07, 6.45) is 0. The summed E-state index contributed by atoms with van der Waals surface area (Å²) in [6.45, 7) is 1.63. The Labute approximate surface area is 89.3 Å². The van der Waals surface area contributed by atoms with E-state index in [0.717, 1.165) is 5.39 Å². The molecule has 0 saturated carbocycles. The number of rotatable bonds is 0. The minimum atomic E-state index is -0.560. The molecule has 3 heteroatoms. The van der Waals surface area contributed by atoms with Gasteiger partial charge in [-0.05, 0) is 22.9 Å². The van der Waals surface area contributed by atoms with Gasteiger partial charge in [-0.15, -0.1) is 0 Å². The van der Waals surface area contributed by atoms with Gasteiger partial charge in [0, 0.05) is 20.8 Å². The number of hydrogen-bond donors (Lipinski definition) is 1. The number of halogens is 2.